The van der Waals surface area contributed by atoms with Crippen LogP contribution in [0.15, 0.2) is 5.03 Å². The molecule has 2 amide bonds. The monoisotopic (exact) mass is 446 g/mol. The van der Waals surface area contributed by atoms with Crippen LogP contribution in [-0.4, -0.2) is 27.5 Å². The number of hydrogen-bond acceptors (Lipinski definition) is 6. The standard InChI is InChI=1S/C22H30N4O2S2/c1-13(2)19-23-21(18-15-10-6-7-11-16(15)30-22(18)24-19)29-12-17(27)25-26-20(28)14-8-4-3-5-9-14/h13-14H,3-12H2,1-2H3,(H,25,27)(H,26,28). The Morgan fingerprint density at radius 1 is 1.07 bits per heavy atom. The fourth-order valence-electron chi connectivity index (χ4n) is 4.27. The summed E-state index contributed by atoms with van der Waals surface area (Å²) in [6.45, 7) is 4.19. The number of aryl methyl sites for hydroxylation is 2. The highest BCUT2D eigenvalue weighted by molar-refractivity contribution is 8.00. The van der Waals surface area contributed by atoms with Gasteiger partial charge in [-0.15, -0.1) is 11.3 Å². The normalized spacial score (nSPS) is 17.2. The molecule has 0 aromatic carbocycles. The molecule has 2 N–H and O–H groups in total. The van der Waals surface area contributed by atoms with Gasteiger partial charge in [0.15, 0.2) is 0 Å². The van der Waals surface area contributed by atoms with Gasteiger partial charge < -0.3 is 0 Å². The van der Waals surface area contributed by atoms with E-state index in [2.05, 4.69) is 24.7 Å². The Kier molecular flexibility index (Phi) is 6.93. The molecule has 0 radical (unpaired) electrons. The maximum Gasteiger partial charge on any atom is 0.248 e. The summed E-state index contributed by atoms with van der Waals surface area (Å²) < 4.78 is 0. The molecule has 2 aromatic heterocycles. The number of thiophene rings is 1. The van der Waals surface area contributed by atoms with E-state index in [0.717, 1.165) is 59.6 Å². The summed E-state index contributed by atoms with van der Waals surface area (Å²) in [5.41, 5.74) is 6.59. The molecule has 2 aromatic rings. The number of aromatic nitrogens is 2. The first-order valence-electron chi connectivity index (χ1n) is 11.1. The molecule has 2 heterocycles. The number of hydrogen-bond donors (Lipinski definition) is 2. The van der Waals surface area contributed by atoms with Crippen molar-refractivity contribution < 1.29 is 9.59 Å². The minimum absolute atomic E-state index is 0.0270. The first kappa shape index (κ1) is 21.6. The molecule has 2 aliphatic carbocycles. The highest BCUT2D eigenvalue weighted by Crippen LogP contribution is 2.40. The van der Waals surface area contributed by atoms with Crippen LogP contribution in [0.5, 0.6) is 0 Å². The first-order valence-corrected chi connectivity index (χ1v) is 12.9. The summed E-state index contributed by atoms with van der Waals surface area (Å²) in [5, 5.41) is 2.04. The lowest BCUT2D eigenvalue weighted by Gasteiger charge is -2.20. The van der Waals surface area contributed by atoms with Gasteiger partial charge in [0.05, 0.1) is 5.75 Å². The zero-order valence-electron chi connectivity index (χ0n) is 17.8. The summed E-state index contributed by atoms with van der Waals surface area (Å²) >= 11 is 3.23. The van der Waals surface area contributed by atoms with E-state index in [9.17, 15) is 9.59 Å². The van der Waals surface area contributed by atoms with Gasteiger partial charge in [-0.1, -0.05) is 44.9 Å². The molecule has 0 bridgehead atoms. The largest absolute Gasteiger partial charge is 0.273 e. The number of rotatable bonds is 5. The highest BCUT2D eigenvalue weighted by atomic mass is 32.2. The molecule has 2 aliphatic rings. The number of carbonyl (C=O) groups is 2. The van der Waals surface area contributed by atoms with Gasteiger partial charge in [0, 0.05) is 22.1 Å². The number of nitrogens with zero attached hydrogens (tertiary/aromatic N) is 2. The lowest BCUT2D eigenvalue weighted by molar-refractivity contribution is -0.131. The van der Waals surface area contributed by atoms with Crippen LogP contribution >= 0.6 is 23.1 Å². The average Bonchev–Trinajstić information content (AvgIpc) is 3.15. The Bertz CT molecular complexity index is 935. The van der Waals surface area contributed by atoms with Gasteiger partial charge in [0.1, 0.15) is 15.7 Å². The number of nitrogens with one attached hydrogen (secondary N) is 2. The van der Waals surface area contributed by atoms with Crippen LogP contribution < -0.4 is 10.9 Å². The Labute approximate surface area is 186 Å². The van der Waals surface area contributed by atoms with E-state index in [1.165, 1.54) is 41.5 Å². The third-order valence-electron chi connectivity index (χ3n) is 5.96. The van der Waals surface area contributed by atoms with Crippen LogP contribution in [0.1, 0.15) is 81.0 Å². The summed E-state index contributed by atoms with van der Waals surface area (Å²) in [7, 11) is 0. The van der Waals surface area contributed by atoms with Crippen molar-refractivity contribution in [2.75, 3.05) is 5.75 Å². The number of fused-ring (bicyclic) bond motifs is 3. The van der Waals surface area contributed by atoms with E-state index in [4.69, 9.17) is 9.97 Å². The van der Waals surface area contributed by atoms with E-state index in [0.29, 0.717) is 0 Å². The summed E-state index contributed by atoms with van der Waals surface area (Å²) in [6, 6.07) is 0. The van der Waals surface area contributed by atoms with Crippen LogP contribution in [0.2, 0.25) is 0 Å². The van der Waals surface area contributed by atoms with Crippen LogP contribution in [0.3, 0.4) is 0 Å². The Morgan fingerprint density at radius 3 is 2.60 bits per heavy atom. The lowest BCUT2D eigenvalue weighted by atomic mass is 9.89. The molecule has 4 rings (SSSR count). The van der Waals surface area contributed by atoms with Crippen molar-refractivity contribution in [2.45, 2.75) is 82.6 Å². The molecule has 0 unspecified atom stereocenters. The van der Waals surface area contributed by atoms with Gasteiger partial charge in [-0.05, 0) is 44.1 Å². The SMILES string of the molecule is CC(C)c1nc(SCC(=O)NNC(=O)C2CCCCC2)c2c3c(sc2n1)CCCC3. The van der Waals surface area contributed by atoms with E-state index in [1.807, 2.05) is 0 Å². The summed E-state index contributed by atoms with van der Waals surface area (Å²) in [4.78, 5) is 36.7. The minimum Gasteiger partial charge on any atom is -0.273 e. The van der Waals surface area contributed by atoms with E-state index in [-0.39, 0.29) is 29.4 Å². The summed E-state index contributed by atoms with van der Waals surface area (Å²) in [5.74, 6) is 1.04. The lowest BCUT2D eigenvalue weighted by Crippen LogP contribution is -2.45. The van der Waals surface area contributed by atoms with Crippen LogP contribution in [-0.2, 0) is 22.4 Å². The predicted molar refractivity (Wildman–Crippen MR) is 122 cm³/mol. The molecule has 6 nitrogen and oxygen atoms in total. The molecule has 1 fully saturated rings. The van der Waals surface area contributed by atoms with Gasteiger partial charge in [-0.3, -0.25) is 20.4 Å². The zero-order chi connectivity index (χ0) is 21.1. The number of thioether (sulfide) groups is 1. The fourth-order valence-corrected chi connectivity index (χ4v) is 6.47. The second-order valence-corrected chi connectivity index (χ2v) is 10.6. The van der Waals surface area contributed by atoms with Gasteiger partial charge in [-0.25, -0.2) is 9.97 Å². The average molecular weight is 447 g/mol. The second-order valence-electron chi connectivity index (χ2n) is 8.59. The van der Waals surface area contributed by atoms with Crippen molar-refractivity contribution in [3.8, 4) is 0 Å². The van der Waals surface area contributed by atoms with Crippen molar-refractivity contribution in [1.82, 2.24) is 20.8 Å². The highest BCUT2D eigenvalue weighted by Gasteiger charge is 2.23. The molecule has 1 saturated carbocycles. The van der Waals surface area contributed by atoms with Crippen molar-refractivity contribution in [2.24, 2.45) is 5.92 Å². The van der Waals surface area contributed by atoms with Crippen molar-refractivity contribution in [1.29, 1.82) is 0 Å². The third kappa shape index (κ3) is 4.80. The minimum atomic E-state index is -0.203. The molecule has 0 aliphatic heterocycles. The topological polar surface area (TPSA) is 84.0 Å². The Hall–Kier alpha value is -1.67. The molecule has 0 spiro atoms. The van der Waals surface area contributed by atoms with Gasteiger partial charge >= 0.3 is 0 Å². The Morgan fingerprint density at radius 2 is 1.83 bits per heavy atom. The molecule has 0 atom stereocenters. The van der Waals surface area contributed by atoms with Crippen LogP contribution in [0, 0.1) is 5.92 Å². The van der Waals surface area contributed by atoms with E-state index >= 15 is 0 Å². The van der Waals surface area contributed by atoms with E-state index < -0.39 is 0 Å². The Balaban J connectivity index is 1.44. The van der Waals surface area contributed by atoms with Crippen LogP contribution in [0.25, 0.3) is 10.2 Å². The van der Waals surface area contributed by atoms with Crippen molar-refractivity contribution in [3.63, 3.8) is 0 Å². The maximum absolute atomic E-state index is 12.4. The number of carbonyl (C=O) groups excluding carboxylic acids is 2. The van der Waals surface area contributed by atoms with Gasteiger partial charge in [0.25, 0.3) is 0 Å². The second kappa shape index (κ2) is 9.64. The summed E-state index contributed by atoms with van der Waals surface area (Å²) in [6.07, 6.45) is 9.82. The van der Waals surface area contributed by atoms with E-state index in [1.54, 1.807) is 11.3 Å². The maximum atomic E-state index is 12.4. The van der Waals surface area contributed by atoms with Crippen LogP contribution in [0.4, 0.5) is 0 Å². The molecule has 0 saturated heterocycles. The third-order valence-corrected chi connectivity index (χ3v) is 8.12. The van der Waals surface area contributed by atoms with Crippen molar-refractivity contribution in [3.05, 3.63) is 16.3 Å². The molecular formula is C22H30N4O2S2. The van der Waals surface area contributed by atoms with Crippen molar-refractivity contribution >= 4 is 45.1 Å². The molecular weight excluding hydrogens is 416 g/mol. The smallest absolute Gasteiger partial charge is 0.248 e. The molecule has 162 valence electrons. The van der Waals surface area contributed by atoms with Gasteiger partial charge in [0.2, 0.25) is 11.8 Å². The van der Waals surface area contributed by atoms with Gasteiger partial charge in [-0.2, -0.15) is 0 Å². The predicted octanol–water partition coefficient (Wildman–Crippen LogP) is 4.51. The fraction of sp³-hybridized carbons (Fsp3) is 0.636. The quantitative estimate of drug-likeness (QED) is 0.401. The zero-order valence-corrected chi connectivity index (χ0v) is 19.4. The number of hydrazine groups is 1. The number of amides is 2. The molecule has 30 heavy (non-hydrogen) atoms. The first-order chi connectivity index (χ1) is 14.5. The molecule has 8 heteroatoms.